The molecule has 7 heteroatoms. The van der Waals surface area contributed by atoms with E-state index in [0.29, 0.717) is 17.2 Å². The lowest BCUT2D eigenvalue weighted by Gasteiger charge is -2.35. The Hall–Kier alpha value is -1.47. The molecule has 114 valence electrons. The van der Waals surface area contributed by atoms with Crippen LogP contribution >= 0.6 is 15.9 Å². The largest absolute Gasteiger partial charge is 0.492 e. The van der Waals surface area contributed by atoms with E-state index in [4.69, 9.17) is 14.2 Å². The molecule has 0 aromatic heterocycles. The zero-order valence-corrected chi connectivity index (χ0v) is 13.4. The number of aliphatic carboxylic acids is 1. The van der Waals surface area contributed by atoms with Crippen molar-refractivity contribution in [1.82, 2.24) is 4.90 Å². The molecule has 1 aromatic rings. The number of ether oxygens (including phenoxy) is 3. The number of hydrogen-bond acceptors (Lipinski definition) is 5. The molecule has 0 bridgehead atoms. The number of carbonyl (C=O) groups is 1. The Bertz CT molecular complexity index is 604. The van der Waals surface area contributed by atoms with Gasteiger partial charge in [0.15, 0.2) is 11.5 Å². The summed E-state index contributed by atoms with van der Waals surface area (Å²) in [5, 5.41) is 9.20. The van der Waals surface area contributed by atoms with Crippen LogP contribution in [0.5, 0.6) is 17.2 Å². The summed E-state index contributed by atoms with van der Waals surface area (Å²) in [6.07, 6.45) is 0.821. The van der Waals surface area contributed by atoms with Gasteiger partial charge in [-0.25, -0.2) is 0 Å². The Labute approximate surface area is 130 Å². The van der Waals surface area contributed by atoms with Crippen LogP contribution in [0.3, 0.4) is 0 Å². The number of methoxy groups -OCH3 is 1. The zero-order chi connectivity index (χ0) is 15.1. The van der Waals surface area contributed by atoms with Crippen molar-refractivity contribution < 1.29 is 24.1 Å². The minimum atomic E-state index is -0.837. The number of likely N-dealkylation sites (N-methyl/N-ethyl adjacent to an activating group) is 1. The van der Waals surface area contributed by atoms with E-state index < -0.39 is 5.97 Å². The van der Waals surface area contributed by atoms with Gasteiger partial charge in [0.1, 0.15) is 0 Å². The Balaban J connectivity index is 2.22. The van der Waals surface area contributed by atoms with Gasteiger partial charge < -0.3 is 19.3 Å². The molecule has 21 heavy (non-hydrogen) atoms. The SMILES string of the molecule is COc1c2c(c(Br)c3c1C(CC(=O)O)N(C)CC3)OCO2. The van der Waals surface area contributed by atoms with E-state index in [-0.39, 0.29) is 19.3 Å². The molecule has 0 radical (unpaired) electrons. The molecule has 1 N–H and O–H groups in total. The highest BCUT2D eigenvalue weighted by molar-refractivity contribution is 9.10. The molecule has 6 nitrogen and oxygen atoms in total. The molecule has 2 aliphatic heterocycles. The quantitative estimate of drug-likeness (QED) is 0.894. The number of rotatable bonds is 3. The third-order valence-corrected chi connectivity index (χ3v) is 4.84. The van der Waals surface area contributed by atoms with Gasteiger partial charge in [0.25, 0.3) is 0 Å². The highest BCUT2D eigenvalue weighted by Gasteiger charge is 2.37. The van der Waals surface area contributed by atoms with Crippen LogP contribution in [-0.2, 0) is 11.2 Å². The average Bonchev–Trinajstić information content (AvgIpc) is 2.92. The van der Waals surface area contributed by atoms with Crippen LogP contribution in [0.1, 0.15) is 23.6 Å². The predicted octanol–water partition coefficient (Wildman–Crippen LogP) is 2.19. The summed E-state index contributed by atoms with van der Waals surface area (Å²) < 4.78 is 17.4. The van der Waals surface area contributed by atoms with Crippen molar-refractivity contribution in [3.63, 3.8) is 0 Å². The molecule has 1 unspecified atom stereocenters. The number of fused-ring (bicyclic) bond motifs is 2. The van der Waals surface area contributed by atoms with Gasteiger partial charge >= 0.3 is 5.97 Å². The molecule has 1 atom stereocenters. The standard InChI is InChI=1S/C14H16BrNO5/c1-16-4-3-7-10(8(16)5-9(17)18)12(19-2)14-13(11(7)15)20-6-21-14/h8H,3-6H2,1-2H3,(H,17,18). The molecule has 1 aromatic carbocycles. The van der Waals surface area contributed by atoms with Gasteiger partial charge in [-0.05, 0) is 35.0 Å². The van der Waals surface area contributed by atoms with Crippen molar-refractivity contribution >= 4 is 21.9 Å². The summed E-state index contributed by atoms with van der Waals surface area (Å²) in [6.45, 7) is 0.930. The Kier molecular flexibility index (Phi) is 3.71. The van der Waals surface area contributed by atoms with E-state index >= 15 is 0 Å². The predicted molar refractivity (Wildman–Crippen MR) is 78.1 cm³/mol. The number of benzene rings is 1. The van der Waals surface area contributed by atoms with Crippen molar-refractivity contribution in [3.05, 3.63) is 15.6 Å². The maximum absolute atomic E-state index is 11.2. The van der Waals surface area contributed by atoms with E-state index in [2.05, 4.69) is 15.9 Å². The van der Waals surface area contributed by atoms with Gasteiger partial charge in [-0.2, -0.15) is 0 Å². The number of halogens is 1. The van der Waals surface area contributed by atoms with E-state index in [1.165, 1.54) is 0 Å². The van der Waals surface area contributed by atoms with Gasteiger partial charge in [-0.1, -0.05) is 0 Å². The fourth-order valence-electron chi connectivity index (χ4n) is 3.01. The summed E-state index contributed by atoms with van der Waals surface area (Å²) in [5.41, 5.74) is 1.92. The molecule has 2 heterocycles. The molecule has 0 saturated heterocycles. The third kappa shape index (κ3) is 2.24. The van der Waals surface area contributed by atoms with E-state index in [0.717, 1.165) is 28.6 Å². The average molecular weight is 358 g/mol. The first kappa shape index (κ1) is 14.5. The molecule has 2 aliphatic rings. The van der Waals surface area contributed by atoms with E-state index in [1.807, 2.05) is 11.9 Å². The molecule has 3 rings (SSSR count). The monoisotopic (exact) mass is 357 g/mol. The van der Waals surface area contributed by atoms with E-state index in [9.17, 15) is 9.90 Å². The van der Waals surface area contributed by atoms with Crippen LogP contribution in [-0.4, -0.2) is 43.5 Å². The van der Waals surface area contributed by atoms with Crippen LogP contribution in [0.25, 0.3) is 0 Å². The lowest BCUT2D eigenvalue weighted by molar-refractivity contribution is -0.138. The van der Waals surface area contributed by atoms with Crippen molar-refractivity contribution in [3.8, 4) is 17.2 Å². The highest BCUT2D eigenvalue weighted by atomic mass is 79.9. The second kappa shape index (κ2) is 5.38. The van der Waals surface area contributed by atoms with Gasteiger partial charge in [-0.3, -0.25) is 9.69 Å². The Morgan fingerprint density at radius 2 is 2.19 bits per heavy atom. The molecule has 0 fully saturated rings. The van der Waals surface area contributed by atoms with Crippen LogP contribution in [0, 0.1) is 0 Å². The Morgan fingerprint density at radius 3 is 2.86 bits per heavy atom. The fourth-order valence-corrected chi connectivity index (χ4v) is 3.72. The number of carboxylic acids is 1. The number of hydrogen-bond donors (Lipinski definition) is 1. The van der Waals surface area contributed by atoms with Crippen LogP contribution in [0.15, 0.2) is 4.47 Å². The van der Waals surface area contributed by atoms with Gasteiger partial charge in [0.2, 0.25) is 12.5 Å². The molecule has 0 saturated carbocycles. The summed E-state index contributed by atoms with van der Waals surface area (Å²) in [7, 11) is 3.49. The fraction of sp³-hybridized carbons (Fsp3) is 0.500. The smallest absolute Gasteiger partial charge is 0.305 e. The third-order valence-electron chi connectivity index (χ3n) is 4.00. The minimum Gasteiger partial charge on any atom is -0.492 e. The number of carboxylic acid groups (broad SMARTS) is 1. The van der Waals surface area contributed by atoms with Gasteiger partial charge in [0.05, 0.1) is 18.0 Å². The first-order valence-electron chi connectivity index (χ1n) is 6.64. The van der Waals surface area contributed by atoms with Crippen LogP contribution < -0.4 is 14.2 Å². The summed E-state index contributed by atoms with van der Waals surface area (Å²) >= 11 is 3.57. The molecule has 0 amide bonds. The minimum absolute atomic E-state index is 0.0198. The van der Waals surface area contributed by atoms with Gasteiger partial charge in [-0.15, -0.1) is 0 Å². The van der Waals surface area contributed by atoms with Crippen molar-refractivity contribution in [1.29, 1.82) is 0 Å². The maximum atomic E-state index is 11.2. The summed E-state index contributed by atoms with van der Waals surface area (Å²) in [4.78, 5) is 13.2. The Morgan fingerprint density at radius 1 is 1.48 bits per heavy atom. The zero-order valence-electron chi connectivity index (χ0n) is 11.8. The molecular weight excluding hydrogens is 342 g/mol. The van der Waals surface area contributed by atoms with Crippen LogP contribution in [0.4, 0.5) is 0 Å². The van der Waals surface area contributed by atoms with Crippen molar-refractivity contribution in [2.75, 3.05) is 27.5 Å². The normalized spacial score (nSPS) is 20.2. The lowest BCUT2D eigenvalue weighted by Crippen LogP contribution is -2.34. The second-order valence-corrected chi connectivity index (χ2v) is 5.94. The molecular formula is C14H16BrNO5. The first-order valence-corrected chi connectivity index (χ1v) is 7.43. The highest BCUT2D eigenvalue weighted by Crippen LogP contribution is 2.54. The maximum Gasteiger partial charge on any atom is 0.305 e. The second-order valence-electron chi connectivity index (χ2n) is 5.15. The van der Waals surface area contributed by atoms with Crippen LogP contribution in [0.2, 0.25) is 0 Å². The van der Waals surface area contributed by atoms with E-state index in [1.54, 1.807) is 7.11 Å². The van der Waals surface area contributed by atoms with Gasteiger partial charge in [0, 0.05) is 18.2 Å². The van der Waals surface area contributed by atoms with Crippen molar-refractivity contribution in [2.24, 2.45) is 0 Å². The lowest BCUT2D eigenvalue weighted by atomic mass is 9.89. The summed E-state index contributed by atoms with van der Waals surface area (Å²) in [5.74, 6) is 0.937. The topological polar surface area (TPSA) is 68.2 Å². The molecule has 0 spiro atoms. The summed E-state index contributed by atoms with van der Waals surface area (Å²) in [6, 6.07) is -0.244. The van der Waals surface area contributed by atoms with Crippen molar-refractivity contribution in [2.45, 2.75) is 18.9 Å². The number of nitrogens with zero attached hydrogens (tertiary/aromatic N) is 1. The molecule has 0 aliphatic carbocycles. The first-order chi connectivity index (χ1) is 10.0.